The van der Waals surface area contributed by atoms with E-state index >= 15 is 0 Å². The zero-order chi connectivity index (χ0) is 16.8. The van der Waals surface area contributed by atoms with Crippen LogP contribution in [0.3, 0.4) is 0 Å². The second-order valence-electron chi connectivity index (χ2n) is 5.77. The first-order valence-corrected chi connectivity index (χ1v) is 10.2. The van der Waals surface area contributed by atoms with Gasteiger partial charge in [-0.15, -0.1) is 0 Å². The minimum atomic E-state index is 0.698. The van der Waals surface area contributed by atoms with Gasteiger partial charge < -0.3 is 9.80 Å². The molecule has 0 saturated carbocycles. The lowest BCUT2D eigenvalue weighted by molar-refractivity contribution is 0.315. The lowest BCUT2D eigenvalue weighted by atomic mass is 10.2. The van der Waals surface area contributed by atoms with Crippen LogP contribution in [0.15, 0.2) is 57.5 Å². The Bertz CT molecular complexity index is 617. The van der Waals surface area contributed by atoms with Crippen molar-refractivity contribution in [2.24, 2.45) is 0 Å². The topological polar surface area (TPSA) is 6.48 Å². The summed E-state index contributed by atoms with van der Waals surface area (Å²) in [5, 5.41) is 0. The normalized spacial score (nSPS) is 17.1. The van der Waals surface area contributed by atoms with Gasteiger partial charge in [0.1, 0.15) is 0 Å². The number of hydrogen-bond acceptors (Lipinski definition) is 2. The largest absolute Gasteiger partial charge is 0.370 e. The standard InChI is InChI=1S/C12H17BrN2.C6H4BrI/c1-14(2)12-6-7-15(9-12)11-5-3-4-10(13)8-11;7-5-2-1-3-6(8)4-5/h3-5,8,12H,6-7,9H2,1-2H3;1-4H. The smallest absolute Gasteiger partial charge is 0.0378 e. The van der Waals surface area contributed by atoms with Crippen LogP contribution in [0, 0.1) is 3.57 Å². The summed E-state index contributed by atoms with van der Waals surface area (Å²) < 4.78 is 3.56. The third-order valence-corrected chi connectivity index (χ3v) is 5.51. The Hall–Kier alpha value is -0.110. The number of hydrogen-bond donors (Lipinski definition) is 0. The molecule has 0 spiro atoms. The first kappa shape index (κ1) is 19.2. The number of likely N-dealkylation sites (N-methyl/N-ethyl adjacent to an activating group) is 1. The highest BCUT2D eigenvalue weighted by Gasteiger charge is 2.23. The van der Waals surface area contributed by atoms with Gasteiger partial charge in [-0.1, -0.05) is 44.0 Å². The van der Waals surface area contributed by atoms with Crippen molar-refractivity contribution in [1.82, 2.24) is 4.90 Å². The van der Waals surface area contributed by atoms with Gasteiger partial charge in [-0.05, 0) is 79.5 Å². The first-order chi connectivity index (χ1) is 11.0. The van der Waals surface area contributed by atoms with Crippen molar-refractivity contribution in [1.29, 1.82) is 0 Å². The molecule has 0 aromatic heterocycles. The molecule has 2 nitrogen and oxygen atoms in total. The van der Waals surface area contributed by atoms with E-state index in [9.17, 15) is 0 Å². The molecule has 1 aliphatic rings. The van der Waals surface area contributed by atoms with Crippen LogP contribution in [0.5, 0.6) is 0 Å². The maximum Gasteiger partial charge on any atom is 0.0378 e. The Morgan fingerprint density at radius 3 is 2.17 bits per heavy atom. The van der Waals surface area contributed by atoms with Crippen LogP contribution >= 0.6 is 54.5 Å². The molecule has 124 valence electrons. The van der Waals surface area contributed by atoms with Crippen LogP contribution < -0.4 is 4.90 Å². The molecule has 0 aliphatic carbocycles. The number of anilines is 1. The van der Waals surface area contributed by atoms with Gasteiger partial charge in [-0.3, -0.25) is 0 Å². The molecule has 23 heavy (non-hydrogen) atoms. The summed E-state index contributed by atoms with van der Waals surface area (Å²) in [6.07, 6.45) is 1.26. The molecule has 2 aromatic rings. The average molecular weight is 552 g/mol. The number of benzene rings is 2. The molecule has 0 radical (unpaired) electrons. The van der Waals surface area contributed by atoms with E-state index in [1.54, 1.807) is 0 Å². The minimum Gasteiger partial charge on any atom is -0.370 e. The first-order valence-electron chi connectivity index (χ1n) is 7.53. The fourth-order valence-electron chi connectivity index (χ4n) is 2.53. The summed E-state index contributed by atoms with van der Waals surface area (Å²) in [6.45, 7) is 2.31. The van der Waals surface area contributed by atoms with Gasteiger partial charge in [-0.2, -0.15) is 0 Å². The van der Waals surface area contributed by atoms with E-state index in [4.69, 9.17) is 0 Å². The summed E-state index contributed by atoms with van der Waals surface area (Å²) in [7, 11) is 4.32. The minimum absolute atomic E-state index is 0.698. The predicted octanol–water partition coefficient (Wildman–Crippen LogP) is 5.64. The van der Waals surface area contributed by atoms with E-state index < -0.39 is 0 Å². The molecular weight excluding hydrogens is 531 g/mol. The molecule has 1 unspecified atom stereocenters. The van der Waals surface area contributed by atoms with Crippen LogP contribution in [-0.4, -0.2) is 38.1 Å². The van der Waals surface area contributed by atoms with Crippen LogP contribution in [0.2, 0.25) is 0 Å². The summed E-state index contributed by atoms with van der Waals surface area (Å²) in [6, 6.07) is 17.4. The third kappa shape index (κ3) is 6.36. The van der Waals surface area contributed by atoms with E-state index in [-0.39, 0.29) is 0 Å². The molecule has 5 heteroatoms. The molecule has 3 rings (SSSR count). The Labute approximate surface area is 169 Å². The van der Waals surface area contributed by atoms with E-state index in [0.717, 1.165) is 15.5 Å². The fourth-order valence-corrected chi connectivity index (χ4v) is 4.29. The second-order valence-corrected chi connectivity index (χ2v) is 8.85. The zero-order valence-corrected chi connectivity index (χ0v) is 18.7. The van der Waals surface area contributed by atoms with Gasteiger partial charge in [0.2, 0.25) is 0 Å². The Morgan fingerprint density at radius 1 is 1.04 bits per heavy atom. The van der Waals surface area contributed by atoms with E-state index in [2.05, 4.69) is 115 Å². The second kappa shape index (κ2) is 9.39. The van der Waals surface area contributed by atoms with Crippen LogP contribution in [0.4, 0.5) is 5.69 Å². The molecular formula is C18H21Br2IN2. The van der Waals surface area contributed by atoms with Gasteiger partial charge in [0.15, 0.2) is 0 Å². The molecule has 1 fully saturated rings. The fraction of sp³-hybridized carbons (Fsp3) is 0.333. The molecule has 0 bridgehead atoms. The van der Waals surface area contributed by atoms with E-state index in [1.807, 2.05) is 12.1 Å². The summed E-state index contributed by atoms with van der Waals surface area (Å²) in [5.74, 6) is 0. The van der Waals surface area contributed by atoms with Gasteiger partial charge in [-0.25, -0.2) is 0 Å². The highest BCUT2D eigenvalue weighted by molar-refractivity contribution is 14.1. The van der Waals surface area contributed by atoms with Crippen molar-refractivity contribution < 1.29 is 0 Å². The van der Waals surface area contributed by atoms with Crippen molar-refractivity contribution in [3.63, 3.8) is 0 Å². The number of halogens is 3. The maximum atomic E-state index is 3.52. The monoisotopic (exact) mass is 550 g/mol. The van der Waals surface area contributed by atoms with Crippen LogP contribution in [0.25, 0.3) is 0 Å². The summed E-state index contributed by atoms with van der Waals surface area (Å²) in [4.78, 5) is 4.77. The van der Waals surface area contributed by atoms with Crippen molar-refractivity contribution in [3.8, 4) is 0 Å². The van der Waals surface area contributed by atoms with Gasteiger partial charge in [0.05, 0.1) is 0 Å². The lowest BCUT2D eigenvalue weighted by Gasteiger charge is -2.21. The molecule has 1 saturated heterocycles. The highest BCUT2D eigenvalue weighted by atomic mass is 127. The van der Waals surface area contributed by atoms with Gasteiger partial charge >= 0.3 is 0 Å². The molecule has 1 atom stereocenters. The van der Waals surface area contributed by atoms with Gasteiger partial charge in [0, 0.05) is 37.3 Å². The molecule has 2 aromatic carbocycles. The van der Waals surface area contributed by atoms with Crippen molar-refractivity contribution >= 4 is 60.1 Å². The summed E-state index contributed by atoms with van der Waals surface area (Å²) in [5.41, 5.74) is 1.33. The number of rotatable bonds is 2. The Balaban J connectivity index is 0.000000203. The van der Waals surface area contributed by atoms with Crippen LogP contribution in [0.1, 0.15) is 6.42 Å². The van der Waals surface area contributed by atoms with Crippen molar-refractivity contribution in [3.05, 3.63) is 61.0 Å². The molecule has 1 heterocycles. The summed E-state index contributed by atoms with van der Waals surface area (Å²) >= 11 is 9.15. The molecule has 0 amide bonds. The van der Waals surface area contributed by atoms with Crippen LogP contribution in [-0.2, 0) is 0 Å². The molecule has 0 N–H and O–H groups in total. The van der Waals surface area contributed by atoms with E-state index in [1.165, 1.54) is 22.2 Å². The molecule has 1 aliphatic heterocycles. The zero-order valence-electron chi connectivity index (χ0n) is 13.3. The van der Waals surface area contributed by atoms with E-state index in [0.29, 0.717) is 6.04 Å². The third-order valence-electron chi connectivity index (χ3n) is 3.85. The predicted molar refractivity (Wildman–Crippen MR) is 115 cm³/mol. The quantitative estimate of drug-likeness (QED) is 0.446. The number of nitrogens with zero attached hydrogens (tertiary/aromatic N) is 2. The Morgan fingerprint density at radius 2 is 1.70 bits per heavy atom. The Kier molecular flexibility index (Phi) is 7.85. The lowest BCUT2D eigenvalue weighted by Crippen LogP contribution is -2.31. The SMILES string of the molecule is Brc1cccc(I)c1.CN(C)C1CCN(c2cccc(Br)c2)C1. The van der Waals surface area contributed by atoms with Crippen molar-refractivity contribution in [2.75, 3.05) is 32.1 Å². The highest BCUT2D eigenvalue weighted by Crippen LogP contribution is 2.24. The van der Waals surface area contributed by atoms with Gasteiger partial charge in [0.25, 0.3) is 0 Å². The average Bonchev–Trinajstić information content (AvgIpc) is 2.98. The maximum absolute atomic E-state index is 3.52. The van der Waals surface area contributed by atoms with Crippen molar-refractivity contribution in [2.45, 2.75) is 12.5 Å².